The minimum absolute atomic E-state index is 0.0934. The fourth-order valence-electron chi connectivity index (χ4n) is 4.17. The number of hydrogen-bond donors (Lipinski definition) is 3. The number of para-hydroxylation sites is 1. The van der Waals surface area contributed by atoms with Crippen molar-refractivity contribution in [2.24, 2.45) is 0 Å². The van der Waals surface area contributed by atoms with Crippen LogP contribution >= 0.6 is 0 Å². The molecule has 0 bridgehead atoms. The number of nitrogens with one attached hydrogen (secondary N) is 3. The number of carbonyl (C=O) groups excluding carboxylic acids is 2. The average molecular weight is 502 g/mol. The molecule has 0 spiro atoms. The van der Waals surface area contributed by atoms with Gasteiger partial charge in [0.25, 0.3) is 5.91 Å². The number of sulfonamides is 1. The van der Waals surface area contributed by atoms with Crippen molar-refractivity contribution in [1.29, 1.82) is 0 Å². The van der Waals surface area contributed by atoms with Gasteiger partial charge in [-0.3, -0.25) is 9.59 Å². The molecule has 3 N–H and O–H groups in total. The third-order valence-electron chi connectivity index (χ3n) is 5.88. The van der Waals surface area contributed by atoms with Crippen LogP contribution in [0.1, 0.15) is 41.4 Å². The maximum Gasteiger partial charge on any atom is 0.255 e. The summed E-state index contributed by atoms with van der Waals surface area (Å²) >= 11 is 0. The van der Waals surface area contributed by atoms with Crippen molar-refractivity contribution in [1.82, 2.24) is 4.72 Å². The molecule has 0 heterocycles. The van der Waals surface area contributed by atoms with E-state index in [0.717, 1.165) is 5.56 Å². The summed E-state index contributed by atoms with van der Waals surface area (Å²) in [4.78, 5) is 24.6. The van der Waals surface area contributed by atoms with Crippen LogP contribution in [-0.2, 0) is 14.8 Å². The fraction of sp³-hybridized carbons (Fsp3) is 0.143. The monoisotopic (exact) mass is 501 g/mol. The van der Waals surface area contributed by atoms with Gasteiger partial charge in [0, 0.05) is 40.7 Å². The van der Waals surface area contributed by atoms with Gasteiger partial charge in [-0.25, -0.2) is 13.1 Å². The van der Waals surface area contributed by atoms with E-state index in [4.69, 9.17) is 0 Å². The number of amides is 2. The number of aryl methyl sites for hydroxylation is 1. The van der Waals surface area contributed by atoms with E-state index in [-0.39, 0.29) is 16.7 Å². The van der Waals surface area contributed by atoms with Crippen LogP contribution in [-0.4, -0.2) is 20.2 Å². The van der Waals surface area contributed by atoms with Gasteiger partial charge in [0.2, 0.25) is 15.9 Å². The minimum Gasteiger partial charge on any atom is -0.326 e. The van der Waals surface area contributed by atoms with Gasteiger partial charge in [-0.15, -0.1) is 0 Å². The van der Waals surface area contributed by atoms with Crippen LogP contribution in [0.5, 0.6) is 0 Å². The summed E-state index contributed by atoms with van der Waals surface area (Å²) in [6, 6.07) is 23.8. The molecule has 0 saturated heterocycles. The second-order valence-corrected chi connectivity index (χ2v) is 10.2. The maximum absolute atomic E-state index is 13.5. The molecule has 0 aliphatic rings. The highest BCUT2D eigenvalue weighted by molar-refractivity contribution is 7.89. The fourth-order valence-corrected chi connectivity index (χ4v) is 5.60. The molecule has 1 unspecified atom stereocenters. The van der Waals surface area contributed by atoms with Crippen molar-refractivity contribution < 1.29 is 18.0 Å². The van der Waals surface area contributed by atoms with Gasteiger partial charge >= 0.3 is 0 Å². The molecular weight excluding hydrogens is 474 g/mol. The normalized spacial score (nSPS) is 12.2. The molecule has 0 fully saturated rings. The molecule has 1 atom stereocenters. The van der Waals surface area contributed by atoms with Gasteiger partial charge in [0.05, 0.1) is 4.90 Å². The lowest BCUT2D eigenvalue weighted by molar-refractivity contribution is -0.114. The highest BCUT2D eigenvalue weighted by atomic mass is 32.2. The van der Waals surface area contributed by atoms with Gasteiger partial charge in [-0.1, -0.05) is 60.7 Å². The van der Waals surface area contributed by atoms with E-state index < -0.39 is 16.1 Å². The van der Waals surface area contributed by atoms with Crippen LogP contribution in [0.25, 0.3) is 10.8 Å². The number of anilines is 2. The first-order valence-corrected chi connectivity index (χ1v) is 12.9. The summed E-state index contributed by atoms with van der Waals surface area (Å²) in [5, 5.41) is 6.74. The predicted octanol–water partition coefficient (Wildman–Crippen LogP) is 5.40. The molecule has 4 rings (SSSR count). The van der Waals surface area contributed by atoms with Crippen molar-refractivity contribution >= 4 is 44.0 Å². The third-order valence-corrected chi connectivity index (χ3v) is 7.48. The first-order chi connectivity index (χ1) is 17.2. The Balaban J connectivity index is 1.67. The summed E-state index contributed by atoms with van der Waals surface area (Å²) in [5.41, 5.74) is 3.09. The molecule has 4 aromatic rings. The Labute approximate surface area is 210 Å². The number of hydrogen-bond acceptors (Lipinski definition) is 4. The Morgan fingerprint density at radius 2 is 1.39 bits per heavy atom. The number of carbonyl (C=O) groups is 2. The molecule has 2 amide bonds. The third kappa shape index (κ3) is 5.30. The zero-order valence-electron chi connectivity index (χ0n) is 20.2. The van der Waals surface area contributed by atoms with Crippen molar-refractivity contribution in [3.8, 4) is 0 Å². The first kappa shape index (κ1) is 25.1. The van der Waals surface area contributed by atoms with E-state index in [1.165, 1.54) is 13.0 Å². The standard InChI is InChI=1S/C28H27N3O4S/c1-18-10-4-5-11-21(18)28(33)30-26-16-17-27(24-14-7-6-13-23(24)26)36(34,35)31-19(2)22-12-8-9-15-25(22)29-20(3)32/h4-17,19,31H,1-3H3,(H,29,32)(H,30,33). The Hall–Kier alpha value is -4.01. The van der Waals surface area contributed by atoms with Gasteiger partial charge in [0.1, 0.15) is 0 Å². The Kier molecular flexibility index (Phi) is 7.19. The molecule has 36 heavy (non-hydrogen) atoms. The van der Waals surface area contributed by atoms with E-state index in [2.05, 4.69) is 15.4 Å². The Bertz CT molecular complexity index is 1560. The van der Waals surface area contributed by atoms with Gasteiger partial charge in [-0.05, 0) is 49.2 Å². The van der Waals surface area contributed by atoms with E-state index in [1.807, 2.05) is 19.1 Å². The highest BCUT2D eigenvalue weighted by Crippen LogP contribution is 2.31. The molecule has 0 aliphatic heterocycles. The Morgan fingerprint density at radius 1 is 0.750 bits per heavy atom. The average Bonchev–Trinajstić information content (AvgIpc) is 2.84. The molecular formula is C28H27N3O4S. The lowest BCUT2D eigenvalue weighted by atomic mass is 10.1. The summed E-state index contributed by atoms with van der Waals surface area (Å²) in [6.07, 6.45) is 0. The molecule has 4 aromatic carbocycles. The van der Waals surface area contributed by atoms with Crippen LogP contribution in [0.4, 0.5) is 11.4 Å². The van der Waals surface area contributed by atoms with Crippen LogP contribution in [0.3, 0.4) is 0 Å². The molecule has 8 heteroatoms. The lowest BCUT2D eigenvalue weighted by Crippen LogP contribution is -2.28. The summed E-state index contributed by atoms with van der Waals surface area (Å²) < 4.78 is 29.7. The van der Waals surface area contributed by atoms with Crippen molar-refractivity contribution in [3.63, 3.8) is 0 Å². The number of fused-ring (bicyclic) bond motifs is 1. The van der Waals surface area contributed by atoms with E-state index in [1.54, 1.807) is 73.7 Å². The summed E-state index contributed by atoms with van der Waals surface area (Å²) in [7, 11) is -3.96. The minimum atomic E-state index is -3.96. The van der Waals surface area contributed by atoms with Gasteiger partial charge in [0.15, 0.2) is 0 Å². The molecule has 184 valence electrons. The van der Waals surface area contributed by atoms with Gasteiger partial charge < -0.3 is 10.6 Å². The smallest absolute Gasteiger partial charge is 0.255 e. The number of benzene rings is 4. The van der Waals surface area contributed by atoms with Crippen LogP contribution in [0.15, 0.2) is 89.8 Å². The van der Waals surface area contributed by atoms with Crippen LogP contribution in [0, 0.1) is 6.92 Å². The first-order valence-electron chi connectivity index (χ1n) is 11.4. The second kappa shape index (κ2) is 10.3. The topological polar surface area (TPSA) is 104 Å². The predicted molar refractivity (Wildman–Crippen MR) is 143 cm³/mol. The van der Waals surface area contributed by atoms with Crippen LogP contribution in [0.2, 0.25) is 0 Å². The summed E-state index contributed by atoms with van der Waals surface area (Å²) in [6.45, 7) is 4.98. The Morgan fingerprint density at radius 3 is 2.11 bits per heavy atom. The zero-order valence-corrected chi connectivity index (χ0v) is 21.0. The highest BCUT2D eigenvalue weighted by Gasteiger charge is 2.23. The maximum atomic E-state index is 13.5. The molecule has 0 aliphatic carbocycles. The SMILES string of the molecule is CC(=O)Nc1ccccc1C(C)NS(=O)(=O)c1ccc(NC(=O)c2ccccc2C)c2ccccc12. The zero-order chi connectivity index (χ0) is 25.9. The van der Waals surface area contributed by atoms with E-state index in [9.17, 15) is 18.0 Å². The molecule has 0 saturated carbocycles. The number of rotatable bonds is 7. The van der Waals surface area contributed by atoms with Crippen molar-refractivity contribution in [2.45, 2.75) is 31.7 Å². The van der Waals surface area contributed by atoms with Crippen LogP contribution < -0.4 is 15.4 Å². The van der Waals surface area contributed by atoms with Gasteiger partial charge in [-0.2, -0.15) is 0 Å². The van der Waals surface area contributed by atoms with Crippen molar-refractivity contribution in [2.75, 3.05) is 10.6 Å². The van der Waals surface area contributed by atoms with E-state index in [0.29, 0.717) is 33.3 Å². The lowest BCUT2D eigenvalue weighted by Gasteiger charge is -2.19. The van der Waals surface area contributed by atoms with E-state index >= 15 is 0 Å². The molecule has 0 aromatic heterocycles. The molecule has 7 nitrogen and oxygen atoms in total. The van der Waals surface area contributed by atoms with Crippen molar-refractivity contribution in [3.05, 3.63) is 102 Å². The second-order valence-electron chi connectivity index (χ2n) is 8.54. The largest absolute Gasteiger partial charge is 0.326 e. The quantitative estimate of drug-likeness (QED) is 0.315. The molecule has 0 radical (unpaired) electrons. The summed E-state index contributed by atoms with van der Waals surface area (Å²) in [5.74, 6) is -0.512.